The molecular weight excluding hydrogens is 274 g/mol. The molecule has 4 nitrogen and oxygen atoms in total. The molecule has 0 radical (unpaired) electrons. The van der Waals surface area contributed by atoms with Crippen LogP contribution in [-0.4, -0.2) is 11.5 Å². The third-order valence-corrected chi connectivity index (χ3v) is 3.48. The average molecular weight is 284 g/mol. The van der Waals surface area contributed by atoms with Gasteiger partial charge < -0.3 is 4.74 Å². The predicted molar refractivity (Wildman–Crippen MR) is 71.6 cm³/mol. The highest BCUT2D eigenvalue weighted by atomic mass is 35.5. The normalized spacial score (nSPS) is 10.3. The largest absolute Gasteiger partial charge is 0.486 e. The highest BCUT2D eigenvalue weighted by Gasteiger charge is 2.15. The molecule has 0 bridgehead atoms. The van der Waals surface area contributed by atoms with Gasteiger partial charge in [-0.3, -0.25) is 10.1 Å². The molecule has 0 atom stereocenters. The Morgan fingerprint density at radius 1 is 1.39 bits per heavy atom. The highest BCUT2D eigenvalue weighted by molar-refractivity contribution is 7.09. The second kappa shape index (κ2) is 5.84. The van der Waals surface area contributed by atoms with Crippen LogP contribution in [0.4, 0.5) is 5.69 Å². The van der Waals surface area contributed by atoms with Gasteiger partial charge in [-0.15, -0.1) is 11.3 Å². The third-order valence-electron chi connectivity index (χ3n) is 2.30. The van der Waals surface area contributed by atoms with Crippen molar-refractivity contribution in [2.24, 2.45) is 0 Å². The molecular formula is C12H10ClNO3S. The van der Waals surface area contributed by atoms with Gasteiger partial charge >= 0.3 is 5.69 Å². The van der Waals surface area contributed by atoms with Crippen molar-refractivity contribution in [2.45, 2.75) is 6.42 Å². The highest BCUT2D eigenvalue weighted by Crippen LogP contribution is 2.30. The summed E-state index contributed by atoms with van der Waals surface area (Å²) in [5.74, 6) is 0.212. The van der Waals surface area contributed by atoms with Gasteiger partial charge in [0.15, 0.2) is 5.75 Å². The molecule has 0 amide bonds. The maximum Gasteiger partial charge on any atom is 0.311 e. The van der Waals surface area contributed by atoms with Crippen molar-refractivity contribution < 1.29 is 9.66 Å². The predicted octanol–water partition coefficient (Wildman–Crippen LogP) is 3.93. The fourth-order valence-corrected chi connectivity index (χ4v) is 2.32. The second-order valence-corrected chi connectivity index (χ2v) is 5.02. The molecule has 0 saturated carbocycles. The van der Waals surface area contributed by atoms with Gasteiger partial charge in [0, 0.05) is 28.5 Å². The number of rotatable bonds is 5. The van der Waals surface area contributed by atoms with E-state index in [-0.39, 0.29) is 11.4 Å². The van der Waals surface area contributed by atoms with E-state index in [0.717, 1.165) is 6.42 Å². The third kappa shape index (κ3) is 3.21. The summed E-state index contributed by atoms with van der Waals surface area (Å²) in [6, 6.07) is 8.25. The first-order valence-corrected chi connectivity index (χ1v) is 6.51. The van der Waals surface area contributed by atoms with Gasteiger partial charge in [0.1, 0.15) is 0 Å². The lowest BCUT2D eigenvalue weighted by Gasteiger charge is -2.06. The molecule has 0 fully saturated rings. The summed E-state index contributed by atoms with van der Waals surface area (Å²) in [4.78, 5) is 11.5. The van der Waals surface area contributed by atoms with Crippen molar-refractivity contribution in [3.8, 4) is 5.75 Å². The Morgan fingerprint density at radius 3 is 2.89 bits per heavy atom. The Balaban J connectivity index is 2.03. The fourth-order valence-electron chi connectivity index (χ4n) is 1.47. The van der Waals surface area contributed by atoms with Crippen LogP contribution in [0, 0.1) is 10.1 Å². The van der Waals surface area contributed by atoms with Crippen molar-refractivity contribution in [2.75, 3.05) is 6.61 Å². The monoisotopic (exact) mass is 283 g/mol. The number of hydrogen-bond donors (Lipinski definition) is 0. The maximum atomic E-state index is 10.8. The van der Waals surface area contributed by atoms with E-state index in [0.29, 0.717) is 11.6 Å². The first-order valence-electron chi connectivity index (χ1n) is 5.26. The van der Waals surface area contributed by atoms with Crippen LogP contribution in [0.3, 0.4) is 0 Å². The summed E-state index contributed by atoms with van der Waals surface area (Å²) in [5, 5.41) is 13.2. The molecule has 0 aliphatic carbocycles. The molecule has 18 heavy (non-hydrogen) atoms. The fraction of sp³-hybridized carbons (Fsp3) is 0.167. The Labute approximate surface area is 113 Å². The molecule has 1 aromatic carbocycles. The van der Waals surface area contributed by atoms with Crippen LogP contribution in [0.15, 0.2) is 35.7 Å². The first kappa shape index (κ1) is 12.9. The topological polar surface area (TPSA) is 52.4 Å². The molecule has 1 heterocycles. The van der Waals surface area contributed by atoms with E-state index in [9.17, 15) is 10.1 Å². The van der Waals surface area contributed by atoms with Crippen LogP contribution >= 0.6 is 22.9 Å². The van der Waals surface area contributed by atoms with Crippen LogP contribution in [0.1, 0.15) is 4.88 Å². The maximum absolute atomic E-state index is 10.8. The lowest BCUT2D eigenvalue weighted by atomic mass is 10.3. The Hall–Kier alpha value is -1.59. The summed E-state index contributed by atoms with van der Waals surface area (Å²) in [7, 11) is 0. The van der Waals surface area contributed by atoms with E-state index >= 15 is 0 Å². The van der Waals surface area contributed by atoms with E-state index in [2.05, 4.69) is 0 Å². The average Bonchev–Trinajstić information content (AvgIpc) is 2.82. The minimum absolute atomic E-state index is 0.0643. The minimum Gasteiger partial charge on any atom is -0.486 e. The Bertz CT molecular complexity index is 542. The SMILES string of the molecule is O=[N+]([O-])c1ccc(Cl)cc1OCCc1cccs1. The number of benzene rings is 1. The zero-order valence-corrected chi connectivity index (χ0v) is 10.9. The summed E-state index contributed by atoms with van der Waals surface area (Å²) >= 11 is 7.43. The number of nitrogens with zero attached hydrogens (tertiary/aromatic N) is 1. The van der Waals surface area contributed by atoms with Gasteiger partial charge in [-0.05, 0) is 17.5 Å². The number of nitro groups is 1. The molecule has 6 heteroatoms. The van der Waals surface area contributed by atoms with E-state index in [4.69, 9.17) is 16.3 Å². The molecule has 0 spiro atoms. The van der Waals surface area contributed by atoms with Crippen molar-refractivity contribution in [1.82, 2.24) is 0 Å². The summed E-state index contributed by atoms with van der Waals surface area (Å²) < 4.78 is 5.43. The van der Waals surface area contributed by atoms with Crippen molar-refractivity contribution in [1.29, 1.82) is 0 Å². The second-order valence-electron chi connectivity index (χ2n) is 3.55. The van der Waals surface area contributed by atoms with Gasteiger partial charge in [-0.25, -0.2) is 0 Å². The number of ether oxygens (including phenoxy) is 1. The van der Waals surface area contributed by atoms with Gasteiger partial charge in [0.25, 0.3) is 0 Å². The van der Waals surface area contributed by atoms with Crippen LogP contribution in [0.25, 0.3) is 0 Å². The lowest BCUT2D eigenvalue weighted by Crippen LogP contribution is -2.02. The lowest BCUT2D eigenvalue weighted by molar-refractivity contribution is -0.385. The molecule has 0 saturated heterocycles. The standard InChI is InChI=1S/C12H10ClNO3S/c13-9-3-4-11(14(15)16)12(8-9)17-6-5-10-2-1-7-18-10/h1-4,7-8H,5-6H2. The number of hydrogen-bond acceptors (Lipinski definition) is 4. The van der Waals surface area contributed by atoms with E-state index < -0.39 is 4.92 Å². The number of halogens is 1. The summed E-state index contributed by atoms with van der Waals surface area (Å²) in [5.41, 5.74) is -0.0643. The quantitative estimate of drug-likeness (QED) is 0.617. The summed E-state index contributed by atoms with van der Waals surface area (Å²) in [6.45, 7) is 0.391. The molecule has 0 aliphatic heterocycles. The number of thiophene rings is 1. The Kier molecular flexibility index (Phi) is 4.17. The van der Waals surface area contributed by atoms with E-state index in [1.54, 1.807) is 11.3 Å². The van der Waals surface area contributed by atoms with E-state index in [1.165, 1.54) is 23.1 Å². The zero-order chi connectivity index (χ0) is 13.0. The summed E-state index contributed by atoms with van der Waals surface area (Å²) in [6.07, 6.45) is 0.724. The first-order chi connectivity index (χ1) is 8.66. The van der Waals surface area contributed by atoms with Crippen LogP contribution < -0.4 is 4.74 Å². The van der Waals surface area contributed by atoms with Gasteiger partial charge in [0.05, 0.1) is 11.5 Å². The van der Waals surface area contributed by atoms with Gasteiger partial charge in [-0.2, -0.15) is 0 Å². The molecule has 2 aromatic rings. The van der Waals surface area contributed by atoms with Crippen LogP contribution in [0.5, 0.6) is 5.75 Å². The molecule has 94 valence electrons. The van der Waals surface area contributed by atoms with Crippen molar-refractivity contribution >= 4 is 28.6 Å². The van der Waals surface area contributed by atoms with Gasteiger partial charge in [-0.1, -0.05) is 17.7 Å². The Morgan fingerprint density at radius 2 is 2.22 bits per heavy atom. The molecule has 0 aliphatic rings. The molecule has 0 N–H and O–H groups in total. The van der Waals surface area contributed by atoms with Crippen LogP contribution in [0.2, 0.25) is 5.02 Å². The van der Waals surface area contributed by atoms with Crippen molar-refractivity contribution in [3.63, 3.8) is 0 Å². The van der Waals surface area contributed by atoms with Crippen molar-refractivity contribution in [3.05, 3.63) is 55.7 Å². The smallest absolute Gasteiger partial charge is 0.311 e. The van der Waals surface area contributed by atoms with E-state index in [1.807, 2.05) is 17.5 Å². The molecule has 2 rings (SSSR count). The van der Waals surface area contributed by atoms with Crippen LogP contribution in [-0.2, 0) is 6.42 Å². The molecule has 1 aromatic heterocycles. The van der Waals surface area contributed by atoms with Gasteiger partial charge in [0.2, 0.25) is 0 Å². The molecule has 0 unspecified atom stereocenters. The minimum atomic E-state index is -0.475. The number of nitro benzene ring substituents is 1. The zero-order valence-electron chi connectivity index (χ0n) is 9.34.